The fourth-order valence-electron chi connectivity index (χ4n) is 4.35. The van der Waals surface area contributed by atoms with Crippen LogP contribution in [0.25, 0.3) is 17.2 Å². The molecule has 0 saturated carbocycles. The summed E-state index contributed by atoms with van der Waals surface area (Å²) in [5, 5.41) is 0. The van der Waals surface area contributed by atoms with Crippen LogP contribution >= 0.6 is 0 Å². The van der Waals surface area contributed by atoms with Gasteiger partial charge in [-0.3, -0.25) is 4.90 Å². The van der Waals surface area contributed by atoms with Crippen LogP contribution in [0.4, 0.5) is 17.2 Å². The van der Waals surface area contributed by atoms with Gasteiger partial charge in [-0.1, -0.05) is 80.0 Å². The number of para-hydroxylation sites is 2. The van der Waals surface area contributed by atoms with Gasteiger partial charge in [0.2, 0.25) is 0 Å². The molecule has 0 unspecified atom stereocenters. The van der Waals surface area contributed by atoms with Gasteiger partial charge in [-0.15, -0.1) is 5.73 Å². The van der Waals surface area contributed by atoms with Gasteiger partial charge < -0.3 is 4.98 Å². The van der Waals surface area contributed by atoms with E-state index in [1.54, 1.807) is 0 Å². The maximum atomic E-state index is 4.37. The number of H-pyrrole nitrogens is 1. The summed E-state index contributed by atoms with van der Waals surface area (Å²) in [7, 11) is 2.10. The highest BCUT2D eigenvalue weighted by Gasteiger charge is 2.25. The summed E-state index contributed by atoms with van der Waals surface area (Å²) in [5.41, 5.74) is 12.8. The van der Waals surface area contributed by atoms with Gasteiger partial charge in [-0.05, 0) is 64.7 Å². The van der Waals surface area contributed by atoms with Gasteiger partial charge in [0, 0.05) is 22.6 Å². The quantitative estimate of drug-likeness (QED) is 0.267. The van der Waals surface area contributed by atoms with Gasteiger partial charge in [-0.25, -0.2) is 0 Å². The van der Waals surface area contributed by atoms with E-state index in [0.717, 1.165) is 50.7 Å². The molecule has 1 radical (unpaired) electrons. The van der Waals surface area contributed by atoms with E-state index in [1.165, 1.54) is 5.46 Å². The second-order valence-corrected chi connectivity index (χ2v) is 7.99. The fourth-order valence-corrected chi connectivity index (χ4v) is 4.35. The number of allylic oxidation sites excluding steroid dienone is 3. The summed E-state index contributed by atoms with van der Waals surface area (Å²) >= 11 is 0. The molecular weight excluding hydrogens is 399 g/mol. The molecule has 33 heavy (non-hydrogen) atoms. The lowest BCUT2D eigenvalue weighted by Gasteiger charge is -2.23. The van der Waals surface area contributed by atoms with Crippen molar-refractivity contribution < 1.29 is 0 Å². The normalized spacial score (nSPS) is 13.7. The van der Waals surface area contributed by atoms with E-state index in [0.29, 0.717) is 0 Å². The van der Waals surface area contributed by atoms with Crippen LogP contribution in [-0.4, -0.2) is 12.3 Å². The van der Waals surface area contributed by atoms with Crippen molar-refractivity contribution in [1.82, 2.24) is 4.98 Å². The Hall–Kier alpha value is -4.20. The van der Waals surface area contributed by atoms with Crippen molar-refractivity contribution in [3.8, 4) is 0 Å². The van der Waals surface area contributed by atoms with Crippen molar-refractivity contribution in [2.24, 2.45) is 0 Å². The third-order valence-electron chi connectivity index (χ3n) is 6.01. The van der Waals surface area contributed by atoms with Crippen LogP contribution in [0.15, 0.2) is 115 Å². The zero-order valence-corrected chi connectivity index (χ0v) is 18.7. The molecule has 3 heteroatoms. The highest BCUT2D eigenvalue weighted by molar-refractivity contribution is 6.52. The third kappa shape index (κ3) is 3.80. The summed E-state index contributed by atoms with van der Waals surface area (Å²) in [5.74, 6) is 0.993. The lowest BCUT2D eigenvalue weighted by Crippen LogP contribution is -2.10. The monoisotopic (exact) mass is 423 g/mol. The molecule has 1 aliphatic carbocycles. The van der Waals surface area contributed by atoms with E-state index in [1.807, 2.05) is 19.0 Å². The number of hydrogen-bond acceptors (Lipinski definition) is 1. The zero-order chi connectivity index (χ0) is 22.8. The number of benzene rings is 3. The average Bonchev–Trinajstić information content (AvgIpc) is 3.42. The van der Waals surface area contributed by atoms with E-state index in [4.69, 9.17) is 0 Å². The molecule has 4 aromatic rings. The van der Waals surface area contributed by atoms with Gasteiger partial charge in [0.15, 0.2) is 0 Å². The summed E-state index contributed by atoms with van der Waals surface area (Å²) < 4.78 is 0. The minimum atomic E-state index is 0.993. The number of aromatic amines is 1. The number of anilines is 3. The topological polar surface area (TPSA) is 19.0 Å². The van der Waals surface area contributed by atoms with Crippen molar-refractivity contribution in [3.05, 3.63) is 132 Å². The number of nitrogens with one attached hydrogen (secondary N) is 1. The smallest absolute Gasteiger partial charge is 0.148 e. The Kier molecular flexibility index (Phi) is 5.48. The predicted octanol–water partition coefficient (Wildman–Crippen LogP) is 7.14. The maximum absolute atomic E-state index is 4.37. The second-order valence-electron chi connectivity index (χ2n) is 7.99. The Balaban J connectivity index is 1.55. The standard InChI is InChI=1S/C30H24BN2/c1-4-26-28(21(2)27-17-15-22(31-3)19-29(26)27)20-23-16-18-30(32-23)33(24-11-7-5-8-12-24)25-13-9-6-10-14-25/h5-20,32H,1-2H2,3H3/b28-20-. The van der Waals surface area contributed by atoms with Crippen molar-refractivity contribution in [3.63, 3.8) is 0 Å². The van der Waals surface area contributed by atoms with Gasteiger partial charge in [0.1, 0.15) is 13.1 Å². The second kappa shape index (κ2) is 8.74. The van der Waals surface area contributed by atoms with E-state index in [-0.39, 0.29) is 0 Å². The number of rotatable bonds is 5. The van der Waals surface area contributed by atoms with E-state index >= 15 is 0 Å². The van der Waals surface area contributed by atoms with Crippen molar-refractivity contribution >= 4 is 47.2 Å². The Labute approximate surface area is 196 Å². The predicted molar refractivity (Wildman–Crippen MR) is 143 cm³/mol. The third-order valence-corrected chi connectivity index (χ3v) is 6.01. The summed E-state index contributed by atoms with van der Waals surface area (Å²) in [6.07, 6.45) is 2.14. The van der Waals surface area contributed by atoms with Crippen LogP contribution in [-0.2, 0) is 0 Å². The summed E-state index contributed by atoms with van der Waals surface area (Å²) in [6, 6.07) is 31.4. The first-order valence-corrected chi connectivity index (χ1v) is 11.0. The van der Waals surface area contributed by atoms with Crippen LogP contribution in [0.3, 0.4) is 0 Å². The molecule has 2 nitrogen and oxygen atoms in total. The van der Waals surface area contributed by atoms with Crippen LogP contribution in [0.5, 0.6) is 0 Å². The minimum Gasteiger partial charge on any atom is -0.341 e. The lowest BCUT2D eigenvalue weighted by atomic mass is 9.72. The molecule has 1 aliphatic rings. The molecule has 0 aliphatic heterocycles. The SMILES string of the molecule is C=C=C1/C(=C\c2ccc(N(c3ccccc3)c3ccccc3)[nH]2)C(=C)c2ccc([B]C)cc21. The van der Waals surface area contributed by atoms with E-state index < -0.39 is 0 Å². The Morgan fingerprint density at radius 3 is 2.12 bits per heavy atom. The molecule has 1 aromatic heterocycles. The molecule has 157 valence electrons. The number of nitrogens with zero attached hydrogens (tertiary/aromatic N) is 1. The molecule has 3 aromatic carbocycles. The van der Waals surface area contributed by atoms with Crippen molar-refractivity contribution in [1.29, 1.82) is 0 Å². The minimum absolute atomic E-state index is 0.993. The maximum Gasteiger partial charge on any atom is 0.148 e. The molecule has 0 bridgehead atoms. The van der Waals surface area contributed by atoms with Gasteiger partial charge in [0.25, 0.3) is 0 Å². The van der Waals surface area contributed by atoms with Crippen molar-refractivity contribution in [2.45, 2.75) is 6.82 Å². The first-order chi connectivity index (χ1) is 16.2. The first kappa shape index (κ1) is 20.7. The first-order valence-electron chi connectivity index (χ1n) is 11.0. The number of hydrogen-bond donors (Lipinski definition) is 1. The number of aromatic nitrogens is 1. The van der Waals surface area contributed by atoms with Gasteiger partial charge in [-0.2, -0.15) is 0 Å². The van der Waals surface area contributed by atoms with E-state index in [2.05, 4.69) is 121 Å². The molecule has 0 atom stereocenters. The van der Waals surface area contributed by atoms with Crippen LogP contribution in [0.1, 0.15) is 16.8 Å². The van der Waals surface area contributed by atoms with Crippen LogP contribution < -0.4 is 10.4 Å². The molecular formula is C30H24BN2. The van der Waals surface area contributed by atoms with Gasteiger partial charge >= 0.3 is 0 Å². The highest BCUT2D eigenvalue weighted by atomic mass is 15.2. The Bertz CT molecular complexity index is 1360. The Morgan fingerprint density at radius 2 is 1.52 bits per heavy atom. The molecule has 1 heterocycles. The Morgan fingerprint density at radius 1 is 0.848 bits per heavy atom. The van der Waals surface area contributed by atoms with Crippen LogP contribution in [0.2, 0.25) is 6.82 Å². The molecule has 0 amide bonds. The highest BCUT2D eigenvalue weighted by Crippen LogP contribution is 2.44. The van der Waals surface area contributed by atoms with Crippen LogP contribution in [0, 0.1) is 0 Å². The summed E-state index contributed by atoms with van der Waals surface area (Å²) in [6.45, 7) is 10.4. The molecule has 1 N–H and O–H groups in total. The summed E-state index contributed by atoms with van der Waals surface area (Å²) in [4.78, 5) is 5.81. The molecule has 0 spiro atoms. The number of fused-ring (bicyclic) bond motifs is 1. The van der Waals surface area contributed by atoms with Crippen molar-refractivity contribution in [2.75, 3.05) is 4.90 Å². The van der Waals surface area contributed by atoms with Gasteiger partial charge in [0.05, 0.1) is 0 Å². The largest absolute Gasteiger partial charge is 0.341 e. The molecule has 0 saturated heterocycles. The lowest BCUT2D eigenvalue weighted by molar-refractivity contribution is 1.20. The average molecular weight is 423 g/mol. The fraction of sp³-hybridized carbons (Fsp3) is 0.0333. The molecule has 0 fully saturated rings. The zero-order valence-electron chi connectivity index (χ0n) is 18.7. The molecule has 5 rings (SSSR count). The van der Waals surface area contributed by atoms with E-state index in [9.17, 15) is 0 Å².